The van der Waals surface area contributed by atoms with Gasteiger partial charge in [-0.2, -0.15) is 0 Å². The topological polar surface area (TPSA) is 59.0 Å². The van der Waals surface area contributed by atoms with Crippen molar-refractivity contribution in [3.63, 3.8) is 0 Å². The van der Waals surface area contributed by atoms with Crippen LogP contribution >= 0.6 is 0 Å². The molecule has 1 heterocycles. The summed E-state index contributed by atoms with van der Waals surface area (Å²) in [4.78, 5) is 14.7. The Hall–Kier alpha value is -1.59. The van der Waals surface area contributed by atoms with Crippen LogP contribution in [0.1, 0.15) is 17.5 Å². The van der Waals surface area contributed by atoms with Crippen molar-refractivity contribution in [2.45, 2.75) is 30.4 Å². The lowest BCUT2D eigenvalue weighted by atomic mass is 9.62. The quantitative estimate of drug-likeness (QED) is 0.814. The summed E-state index contributed by atoms with van der Waals surface area (Å²) in [6, 6.07) is 5.71. The molecule has 1 fully saturated rings. The second-order valence-electron chi connectivity index (χ2n) is 5.93. The first kappa shape index (κ1) is 14.4. The molecule has 1 saturated heterocycles. The molecule has 2 aliphatic rings. The number of nitrogens with zero attached hydrogens (tertiary/aromatic N) is 1. The molecule has 5 heteroatoms. The third kappa shape index (κ3) is 1.88. The van der Waals surface area contributed by atoms with Gasteiger partial charge in [0, 0.05) is 6.04 Å². The van der Waals surface area contributed by atoms with E-state index < -0.39 is 11.5 Å². The van der Waals surface area contributed by atoms with Gasteiger partial charge in [-0.25, -0.2) is 0 Å². The molecule has 0 radical (unpaired) electrons. The fraction of sp³-hybridized carbons (Fsp3) is 0.562. The standard InChI is InChI=1S/C16H21NO4/c1-17-7-6-16(15(19)21-3)12-9-11(20-2)5-4-10(12)8-13(17)14(16)18/h4-5,9,13-14,18H,6-8H2,1-3H3/t13?,14-,16?/m1/s1. The molecule has 3 rings (SSSR count). The Balaban J connectivity index is 2.21. The van der Waals surface area contributed by atoms with Crippen LogP contribution in [-0.2, 0) is 21.4 Å². The summed E-state index contributed by atoms with van der Waals surface area (Å²) in [5, 5.41) is 10.8. The van der Waals surface area contributed by atoms with Crippen molar-refractivity contribution in [2.75, 3.05) is 27.8 Å². The SMILES string of the molecule is COC(=O)C12CCN(C)C(Cc3ccc(OC)cc31)[C@H]2O. The first-order valence-electron chi connectivity index (χ1n) is 7.18. The van der Waals surface area contributed by atoms with E-state index in [1.165, 1.54) is 7.11 Å². The molecule has 21 heavy (non-hydrogen) atoms. The van der Waals surface area contributed by atoms with Gasteiger partial charge in [-0.3, -0.25) is 4.79 Å². The van der Waals surface area contributed by atoms with Crippen LogP contribution in [0.2, 0.25) is 0 Å². The van der Waals surface area contributed by atoms with Crippen molar-refractivity contribution in [3.8, 4) is 5.75 Å². The van der Waals surface area contributed by atoms with E-state index in [-0.39, 0.29) is 12.0 Å². The molecule has 0 saturated carbocycles. The van der Waals surface area contributed by atoms with Gasteiger partial charge in [-0.15, -0.1) is 0 Å². The number of piperidine rings is 1. The average molecular weight is 291 g/mol. The van der Waals surface area contributed by atoms with Gasteiger partial charge in [0.15, 0.2) is 0 Å². The van der Waals surface area contributed by atoms with E-state index in [2.05, 4.69) is 4.90 Å². The predicted molar refractivity (Wildman–Crippen MR) is 77.4 cm³/mol. The number of methoxy groups -OCH3 is 2. The molecular weight excluding hydrogens is 270 g/mol. The number of aliphatic hydroxyl groups is 1. The lowest BCUT2D eigenvalue weighted by Gasteiger charge is -2.51. The molecule has 1 aromatic rings. The second kappa shape index (κ2) is 5.00. The zero-order chi connectivity index (χ0) is 15.2. The smallest absolute Gasteiger partial charge is 0.319 e. The summed E-state index contributed by atoms with van der Waals surface area (Å²) >= 11 is 0. The number of benzene rings is 1. The summed E-state index contributed by atoms with van der Waals surface area (Å²) < 4.78 is 10.3. The summed E-state index contributed by atoms with van der Waals surface area (Å²) in [6.45, 7) is 0.757. The Kier molecular flexibility index (Phi) is 3.42. The first-order valence-corrected chi connectivity index (χ1v) is 7.18. The maximum Gasteiger partial charge on any atom is 0.319 e. The van der Waals surface area contributed by atoms with Crippen molar-refractivity contribution >= 4 is 5.97 Å². The number of aliphatic hydroxyl groups excluding tert-OH is 1. The number of carbonyl (C=O) groups excluding carboxylic acids is 1. The van der Waals surface area contributed by atoms with Crippen molar-refractivity contribution in [1.29, 1.82) is 0 Å². The summed E-state index contributed by atoms with van der Waals surface area (Å²) in [6.07, 6.45) is 0.521. The highest BCUT2D eigenvalue weighted by Gasteiger charge is 2.57. The Morgan fingerprint density at radius 3 is 2.86 bits per heavy atom. The van der Waals surface area contributed by atoms with Crippen LogP contribution in [0.25, 0.3) is 0 Å². The molecule has 2 bridgehead atoms. The van der Waals surface area contributed by atoms with Gasteiger partial charge in [0.25, 0.3) is 0 Å². The highest BCUT2D eigenvalue weighted by Crippen LogP contribution is 2.46. The number of fused-ring (bicyclic) bond motifs is 4. The minimum absolute atomic E-state index is 0.0567. The number of hydrogen-bond acceptors (Lipinski definition) is 5. The van der Waals surface area contributed by atoms with E-state index in [1.54, 1.807) is 7.11 Å². The highest BCUT2D eigenvalue weighted by atomic mass is 16.5. The number of likely N-dealkylation sites (N-methyl/N-ethyl adjacent to an activating group) is 1. The monoisotopic (exact) mass is 291 g/mol. The average Bonchev–Trinajstić information content (AvgIpc) is 2.50. The molecule has 1 aliphatic carbocycles. The van der Waals surface area contributed by atoms with Gasteiger partial charge in [-0.1, -0.05) is 6.07 Å². The molecule has 1 N–H and O–H groups in total. The van der Waals surface area contributed by atoms with Gasteiger partial charge in [-0.05, 0) is 49.7 Å². The normalized spacial score (nSPS) is 31.4. The van der Waals surface area contributed by atoms with E-state index in [1.807, 2.05) is 25.2 Å². The van der Waals surface area contributed by atoms with Gasteiger partial charge in [0.2, 0.25) is 0 Å². The minimum Gasteiger partial charge on any atom is -0.497 e. The molecule has 1 aromatic carbocycles. The fourth-order valence-corrected chi connectivity index (χ4v) is 3.81. The minimum atomic E-state index is -0.978. The van der Waals surface area contributed by atoms with Crippen molar-refractivity contribution < 1.29 is 19.4 Å². The Morgan fingerprint density at radius 1 is 1.43 bits per heavy atom. The van der Waals surface area contributed by atoms with Crippen LogP contribution in [-0.4, -0.2) is 55.9 Å². The number of carbonyl (C=O) groups is 1. The molecule has 0 amide bonds. The van der Waals surface area contributed by atoms with E-state index in [9.17, 15) is 9.90 Å². The highest BCUT2D eigenvalue weighted by molar-refractivity contribution is 5.86. The lowest BCUT2D eigenvalue weighted by Crippen LogP contribution is -2.65. The lowest BCUT2D eigenvalue weighted by molar-refractivity contribution is -0.160. The van der Waals surface area contributed by atoms with Crippen molar-refractivity contribution in [1.82, 2.24) is 4.90 Å². The zero-order valence-corrected chi connectivity index (χ0v) is 12.6. The molecule has 3 atom stereocenters. The van der Waals surface area contributed by atoms with Crippen LogP contribution in [0.3, 0.4) is 0 Å². The largest absolute Gasteiger partial charge is 0.497 e. The third-order valence-electron chi connectivity index (χ3n) is 5.07. The van der Waals surface area contributed by atoms with Crippen molar-refractivity contribution in [3.05, 3.63) is 29.3 Å². The van der Waals surface area contributed by atoms with E-state index in [0.29, 0.717) is 12.2 Å². The van der Waals surface area contributed by atoms with Crippen molar-refractivity contribution in [2.24, 2.45) is 0 Å². The Labute approximate surface area is 124 Å². The molecule has 1 aliphatic heterocycles. The van der Waals surface area contributed by atoms with E-state index in [4.69, 9.17) is 9.47 Å². The fourth-order valence-electron chi connectivity index (χ4n) is 3.81. The molecule has 0 aromatic heterocycles. The zero-order valence-electron chi connectivity index (χ0n) is 12.6. The van der Waals surface area contributed by atoms with Gasteiger partial charge in [0.1, 0.15) is 11.2 Å². The van der Waals surface area contributed by atoms with Crippen LogP contribution in [0, 0.1) is 0 Å². The number of rotatable bonds is 2. The second-order valence-corrected chi connectivity index (χ2v) is 5.93. The van der Waals surface area contributed by atoms with Crippen LogP contribution < -0.4 is 4.74 Å². The molecule has 2 unspecified atom stereocenters. The van der Waals surface area contributed by atoms with Gasteiger partial charge >= 0.3 is 5.97 Å². The third-order valence-corrected chi connectivity index (χ3v) is 5.07. The molecule has 114 valence electrons. The maximum absolute atomic E-state index is 12.5. The number of ether oxygens (including phenoxy) is 2. The summed E-state index contributed by atoms with van der Waals surface area (Å²) in [5.41, 5.74) is 0.960. The number of hydrogen-bond donors (Lipinski definition) is 1. The van der Waals surface area contributed by atoms with Gasteiger partial charge in [0.05, 0.1) is 20.3 Å². The van der Waals surface area contributed by atoms with Crippen LogP contribution in [0.5, 0.6) is 5.75 Å². The molecular formula is C16H21NO4. The molecule has 0 spiro atoms. The number of esters is 1. The van der Waals surface area contributed by atoms with E-state index >= 15 is 0 Å². The van der Waals surface area contributed by atoms with Crippen LogP contribution in [0.15, 0.2) is 18.2 Å². The Bertz CT molecular complexity index is 573. The number of likely N-dealkylation sites (tertiary alicyclic amines) is 1. The molecule has 5 nitrogen and oxygen atoms in total. The Morgan fingerprint density at radius 2 is 2.19 bits per heavy atom. The predicted octanol–water partition coefficient (Wildman–Crippen LogP) is 0.727. The maximum atomic E-state index is 12.5. The summed E-state index contributed by atoms with van der Waals surface area (Å²) in [5.74, 6) is 0.337. The first-order chi connectivity index (χ1) is 10.0. The van der Waals surface area contributed by atoms with Gasteiger partial charge < -0.3 is 19.5 Å². The van der Waals surface area contributed by atoms with Crippen LogP contribution in [0.4, 0.5) is 0 Å². The summed E-state index contributed by atoms with van der Waals surface area (Å²) in [7, 11) is 4.97. The van der Waals surface area contributed by atoms with E-state index in [0.717, 1.165) is 24.1 Å².